The first-order valence-electron chi connectivity index (χ1n) is 4.90. The van der Waals surface area contributed by atoms with Gasteiger partial charge in [-0.05, 0) is 46.8 Å². The standard InChI is InChI=1S/C11H11BrF2O/c12-8-3-4-9(13)7(11(8)14)5-10(15)6-1-2-6/h3-4,6,10,15H,1-2,5H2. The Morgan fingerprint density at radius 3 is 2.67 bits per heavy atom. The second kappa shape index (κ2) is 4.18. The molecule has 2 rings (SSSR count). The molecule has 1 aromatic carbocycles. The first-order chi connectivity index (χ1) is 7.09. The molecule has 1 fully saturated rings. The number of benzene rings is 1. The highest BCUT2D eigenvalue weighted by Gasteiger charge is 2.31. The molecule has 4 heteroatoms. The van der Waals surface area contributed by atoms with Crippen LogP contribution in [0, 0.1) is 17.6 Å². The molecule has 0 radical (unpaired) electrons. The van der Waals surface area contributed by atoms with Crippen LogP contribution >= 0.6 is 15.9 Å². The summed E-state index contributed by atoms with van der Waals surface area (Å²) in [4.78, 5) is 0. The fraction of sp³-hybridized carbons (Fsp3) is 0.455. The molecule has 1 aliphatic carbocycles. The predicted octanol–water partition coefficient (Wildman–Crippen LogP) is 3.04. The maximum Gasteiger partial charge on any atom is 0.143 e. The van der Waals surface area contributed by atoms with E-state index < -0.39 is 17.7 Å². The lowest BCUT2D eigenvalue weighted by atomic mass is 10.0. The van der Waals surface area contributed by atoms with Gasteiger partial charge < -0.3 is 5.11 Å². The van der Waals surface area contributed by atoms with Crippen LogP contribution in [0.1, 0.15) is 18.4 Å². The Morgan fingerprint density at radius 1 is 1.40 bits per heavy atom. The van der Waals surface area contributed by atoms with E-state index in [0.717, 1.165) is 12.8 Å². The number of halogens is 3. The minimum Gasteiger partial charge on any atom is -0.392 e. The Hall–Kier alpha value is -0.480. The average Bonchev–Trinajstić information content (AvgIpc) is 3.02. The third kappa shape index (κ3) is 2.37. The first kappa shape index (κ1) is 11.0. The molecular weight excluding hydrogens is 266 g/mol. The van der Waals surface area contributed by atoms with Gasteiger partial charge >= 0.3 is 0 Å². The number of hydrogen-bond acceptors (Lipinski definition) is 1. The van der Waals surface area contributed by atoms with Crippen LogP contribution in [0.2, 0.25) is 0 Å². The second-order valence-corrected chi connectivity index (χ2v) is 4.78. The van der Waals surface area contributed by atoms with Gasteiger partial charge in [0.05, 0.1) is 10.6 Å². The normalized spacial score (nSPS) is 17.9. The third-order valence-electron chi connectivity index (χ3n) is 2.72. The minimum atomic E-state index is -0.622. The van der Waals surface area contributed by atoms with Crippen LogP contribution < -0.4 is 0 Å². The van der Waals surface area contributed by atoms with Gasteiger partial charge in [0.25, 0.3) is 0 Å². The van der Waals surface area contributed by atoms with E-state index in [4.69, 9.17) is 0 Å². The zero-order valence-corrected chi connectivity index (χ0v) is 9.60. The van der Waals surface area contributed by atoms with Crippen molar-refractivity contribution in [3.05, 3.63) is 33.8 Å². The summed E-state index contributed by atoms with van der Waals surface area (Å²) in [7, 11) is 0. The second-order valence-electron chi connectivity index (χ2n) is 3.93. The smallest absolute Gasteiger partial charge is 0.143 e. The summed E-state index contributed by atoms with van der Waals surface area (Å²) in [6.07, 6.45) is 1.35. The van der Waals surface area contributed by atoms with Crippen LogP contribution in [-0.2, 0) is 6.42 Å². The summed E-state index contributed by atoms with van der Waals surface area (Å²) in [5.74, 6) is -0.965. The van der Waals surface area contributed by atoms with E-state index in [2.05, 4.69) is 15.9 Å². The average molecular weight is 277 g/mol. The Kier molecular flexibility index (Phi) is 3.07. The topological polar surface area (TPSA) is 20.2 Å². The van der Waals surface area contributed by atoms with Gasteiger partial charge in [0.2, 0.25) is 0 Å². The molecule has 1 aromatic rings. The van der Waals surface area contributed by atoms with Gasteiger partial charge in [-0.15, -0.1) is 0 Å². The fourth-order valence-electron chi connectivity index (χ4n) is 1.61. The number of hydrogen-bond donors (Lipinski definition) is 1. The van der Waals surface area contributed by atoms with Crippen LogP contribution in [0.25, 0.3) is 0 Å². The predicted molar refractivity (Wildman–Crippen MR) is 56.5 cm³/mol. The number of rotatable bonds is 3. The van der Waals surface area contributed by atoms with Crippen molar-refractivity contribution < 1.29 is 13.9 Å². The molecule has 15 heavy (non-hydrogen) atoms. The molecule has 1 atom stereocenters. The van der Waals surface area contributed by atoms with Crippen molar-refractivity contribution in [1.82, 2.24) is 0 Å². The van der Waals surface area contributed by atoms with Crippen molar-refractivity contribution in [1.29, 1.82) is 0 Å². The monoisotopic (exact) mass is 276 g/mol. The van der Waals surface area contributed by atoms with Crippen molar-refractivity contribution in [2.75, 3.05) is 0 Å². The molecule has 1 unspecified atom stereocenters. The molecule has 0 heterocycles. The molecule has 82 valence electrons. The summed E-state index contributed by atoms with van der Waals surface area (Å²) in [6.45, 7) is 0. The summed E-state index contributed by atoms with van der Waals surface area (Å²) < 4.78 is 27.0. The molecular formula is C11H11BrF2O. The highest BCUT2D eigenvalue weighted by atomic mass is 79.9. The van der Waals surface area contributed by atoms with Gasteiger partial charge in [-0.25, -0.2) is 8.78 Å². The van der Waals surface area contributed by atoms with Crippen LogP contribution in [0.5, 0.6) is 0 Å². The highest BCUT2D eigenvalue weighted by Crippen LogP contribution is 2.35. The van der Waals surface area contributed by atoms with Crippen molar-refractivity contribution in [2.45, 2.75) is 25.4 Å². The van der Waals surface area contributed by atoms with Crippen LogP contribution in [0.3, 0.4) is 0 Å². The van der Waals surface area contributed by atoms with E-state index in [9.17, 15) is 13.9 Å². The van der Waals surface area contributed by atoms with Crippen molar-refractivity contribution in [3.8, 4) is 0 Å². The van der Waals surface area contributed by atoms with Gasteiger partial charge in [-0.1, -0.05) is 0 Å². The van der Waals surface area contributed by atoms with Crippen molar-refractivity contribution in [2.24, 2.45) is 5.92 Å². The molecule has 0 spiro atoms. The number of aliphatic hydroxyl groups is 1. The van der Waals surface area contributed by atoms with Gasteiger partial charge in [-0.2, -0.15) is 0 Å². The van der Waals surface area contributed by atoms with Gasteiger partial charge in [0.1, 0.15) is 11.6 Å². The van der Waals surface area contributed by atoms with Gasteiger partial charge in [-0.3, -0.25) is 0 Å². The van der Waals surface area contributed by atoms with Gasteiger partial charge in [0, 0.05) is 12.0 Å². The van der Waals surface area contributed by atoms with Crippen LogP contribution in [-0.4, -0.2) is 11.2 Å². The fourth-order valence-corrected chi connectivity index (χ4v) is 1.98. The molecule has 0 bridgehead atoms. The molecule has 1 nitrogen and oxygen atoms in total. The molecule has 0 amide bonds. The third-order valence-corrected chi connectivity index (χ3v) is 3.33. The summed E-state index contributed by atoms with van der Waals surface area (Å²) in [5, 5.41) is 9.63. The molecule has 1 aliphatic rings. The van der Waals surface area contributed by atoms with E-state index >= 15 is 0 Å². The van der Waals surface area contributed by atoms with Crippen LogP contribution in [0.4, 0.5) is 8.78 Å². The Morgan fingerprint density at radius 2 is 2.07 bits per heavy atom. The molecule has 0 saturated heterocycles. The summed E-state index contributed by atoms with van der Waals surface area (Å²) in [6, 6.07) is 2.54. The zero-order chi connectivity index (χ0) is 11.0. The SMILES string of the molecule is OC(Cc1c(F)ccc(Br)c1F)C1CC1. The van der Waals surface area contributed by atoms with Crippen molar-refractivity contribution >= 4 is 15.9 Å². The lowest BCUT2D eigenvalue weighted by Gasteiger charge is -2.11. The van der Waals surface area contributed by atoms with Gasteiger partial charge in [0.15, 0.2) is 0 Å². The van der Waals surface area contributed by atoms with E-state index in [0.29, 0.717) is 0 Å². The minimum absolute atomic E-state index is 0.0243. The van der Waals surface area contributed by atoms with E-state index in [1.807, 2.05) is 0 Å². The van der Waals surface area contributed by atoms with E-state index in [-0.39, 0.29) is 22.4 Å². The Balaban J connectivity index is 2.22. The summed E-state index contributed by atoms with van der Waals surface area (Å²) >= 11 is 3.00. The zero-order valence-electron chi connectivity index (χ0n) is 8.01. The summed E-state index contributed by atoms with van der Waals surface area (Å²) in [5.41, 5.74) is -0.0243. The largest absolute Gasteiger partial charge is 0.392 e. The first-order valence-corrected chi connectivity index (χ1v) is 5.69. The molecule has 1 N–H and O–H groups in total. The molecule has 0 aromatic heterocycles. The Labute approximate surface area is 95.2 Å². The Bertz CT molecular complexity index is 377. The van der Waals surface area contributed by atoms with Crippen molar-refractivity contribution in [3.63, 3.8) is 0 Å². The lowest BCUT2D eigenvalue weighted by Crippen LogP contribution is -2.15. The highest BCUT2D eigenvalue weighted by molar-refractivity contribution is 9.10. The maximum atomic E-state index is 13.5. The lowest BCUT2D eigenvalue weighted by molar-refractivity contribution is 0.149. The molecule has 1 saturated carbocycles. The molecule has 0 aliphatic heterocycles. The van der Waals surface area contributed by atoms with Crippen LogP contribution in [0.15, 0.2) is 16.6 Å². The maximum absolute atomic E-state index is 13.5. The van der Waals surface area contributed by atoms with E-state index in [1.54, 1.807) is 0 Å². The number of aliphatic hydroxyl groups excluding tert-OH is 1. The van der Waals surface area contributed by atoms with E-state index in [1.165, 1.54) is 12.1 Å². The quantitative estimate of drug-likeness (QED) is 0.842.